The summed E-state index contributed by atoms with van der Waals surface area (Å²) in [7, 11) is 0. The standard InChI is InChI=1S/C16H17FO3/c1-11(19)15-7-6-14(17)8-16(15)20-10-13-4-2-12(9-18)3-5-13/h2-8,11,18-19H,9-10H2,1H3. The van der Waals surface area contributed by atoms with Crippen LogP contribution in [0.4, 0.5) is 4.39 Å². The fourth-order valence-corrected chi connectivity index (χ4v) is 1.88. The highest BCUT2D eigenvalue weighted by molar-refractivity contribution is 5.35. The first-order valence-corrected chi connectivity index (χ1v) is 6.39. The maximum absolute atomic E-state index is 13.2. The number of aliphatic hydroxyl groups excluding tert-OH is 2. The lowest BCUT2D eigenvalue weighted by molar-refractivity contribution is 0.190. The Hall–Kier alpha value is -1.91. The van der Waals surface area contributed by atoms with Crippen LogP contribution in [0.15, 0.2) is 42.5 Å². The van der Waals surface area contributed by atoms with Gasteiger partial charge in [-0.1, -0.05) is 24.3 Å². The summed E-state index contributed by atoms with van der Waals surface area (Å²) < 4.78 is 18.8. The van der Waals surface area contributed by atoms with E-state index in [-0.39, 0.29) is 13.2 Å². The van der Waals surface area contributed by atoms with E-state index in [0.717, 1.165) is 11.1 Å². The van der Waals surface area contributed by atoms with Crippen molar-refractivity contribution < 1.29 is 19.3 Å². The highest BCUT2D eigenvalue weighted by atomic mass is 19.1. The zero-order chi connectivity index (χ0) is 14.5. The molecule has 20 heavy (non-hydrogen) atoms. The van der Waals surface area contributed by atoms with E-state index in [9.17, 15) is 9.50 Å². The molecule has 0 aliphatic carbocycles. The summed E-state index contributed by atoms with van der Waals surface area (Å²) in [6, 6.07) is 11.4. The van der Waals surface area contributed by atoms with Gasteiger partial charge in [0.05, 0.1) is 12.7 Å². The molecule has 0 saturated heterocycles. The second kappa shape index (κ2) is 6.50. The zero-order valence-corrected chi connectivity index (χ0v) is 11.2. The second-order valence-corrected chi connectivity index (χ2v) is 4.62. The van der Waals surface area contributed by atoms with Crippen molar-refractivity contribution in [1.82, 2.24) is 0 Å². The fraction of sp³-hybridized carbons (Fsp3) is 0.250. The van der Waals surface area contributed by atoms with Crippen LogP contribution in [0.25, 0.3) is 0 Å². The van der Waals surface area contributed by atoms with Crippen LogP contribution in [0.3, 0.4) is 0 Å². The van der Waals surface area contributed by atoms with Crippen LogP contribution in [0, 0.1) is 5.82 Å². The van der Waals surface area contributed by atoms with Crippen molar-refractivity contribution in [2.45, 2.75) is 26.2 Å². The van der Waals surface area contributed by atoms with Crippen molar-refractivity contribution >= 4 is 0 Å². The predicted octanol–water partition coefficient (Wildman–Crippen LogP) is 2.95. The van der Waals surface area contributed by atoms with E-state index in [0.29, 0.717) is 11.3 Å². The first-order valence-electron chi connectivity index (χ1n) is 6.39. The summed E-state index contributed by atoms with van der Waals surface area (Å²) in [6.45, 7) is 1.88. The highest BCUT2D eigenvalue weighted by Gasteiger charge is 2.10. The van der Waals surface area contributed by atoms with Gasteiger partial charge in [0.2, 0.25) is 0 Å². The summed E-state index contributed by atoms with van der Waals surface area (Å²) in [4.78, 5) is 0. The lowest BCUT2D eigenvalue weighted by Gasteiger charge is -2.13. The SMILES string of the molecule is CC(O)c1ccc(F)cc1OCc1ccc(CO)cc1. The molecule has 0 radical (unpaired) electrons. The lowest BCUT2D eigenvalue weighted by Crippen LogP contribution is -2.01. The van der Waals surface area contributed by atoms with E-state index in [1.54, 1.807) is 19.1 Å². The molecule has 2 rings (SSSR count). The van der Waals surface area contributed by atoms with Gasteiger partial charge >= 0.3 is 0 Å². The summed E-state index contributed by atoms with van der Waals surface area (Å²) in [5.41, 5.74) is 2.28. The molecular weight excluding hydrogens is 259 g/mol. The second-order valence-electron chi connectivity index (χ2n) is 4.62. The molecule has 1 unspecified atom stereocenters. The van der Waals surface area contributed by atoms with E-state index in [1.807, 2.05) is 12.1 Å². The summed E-state index contributed by atoms with van der Waals surface area (Å²) in [6.07, 6.45) is -0.720. The number of aliphatic hydroxyl groups is 2. The predicted molar refractivity (Wildman–Crippen MR) is 73.7 cm³/mol. The number of ether oxygens (including phenoxy) is 1. The Morgan fingerprint density at radius 1 is 1.10 bits per heavy atom. The smallest absolute Gasteiger partial charge is 0.128 e. The number of hydrogen-bond donors (Lipinski definition) is 2. The molecule has 0 fully saturated rings. The van der Waals surface area contributed by atoms with Gasteiger partial charge in [0, 0.05) is 11.6 Å². The Labute approximate surface area is 117 Å². The molecule has 0 spiro atoms. The lowest BCUT2D eigenvalue weighted by atomic mass is 10.1. The Morgan fingerprint density at radius 2 is 1.75 bits per heavy atom. The van der Waals surface area contributed by atoms with Gasteiger partial charge in [0.25, 0.3) is 0 Å². The number of benzene rings is 2. The maximum Gasteiger partial charge on any atom is 0.128 e. The molecule has 2 N–H and O–H groups in total. The quantitative estimate of drug-likeness (QED) is 0.882. The average Bonchev–Trinajstić information content (AvgIpc) is 2.45. The van der Waals surface area contributed by atoms with Crippen LogP contribution in [-0.2, 0) is 13.2 Å². The van der Waals surface area contributed by atoms with Crippen molar-refractivity contribution in [3.05, 3.63) is 65.0 Å². The van der Waals surface area contributed by atoms with Crippen molar-refractivity contribution in [2.24, 2.45) is 0 Å². The molecule has 0 bridgehead atoms. The van der Waals surface area contributed by atoms with Crippen molar-refractivity contribution in [1.29, 1.82) is 0 Å². The summed E-state index contributed by atoms with van der Waals surface area (Å²) in [5, 5.41) is 18.6. The minimum atomic E-state index is -0.720. The monoisotopic (exact) mass is 276 g/mol. The topological polar surface area (TPSA) is 49.7 Å². The first-order chi connectivity index (χ1) is 9.60. The van der Waals surface area contributed by atoms with Gasteiger partial charge in [0.15, 0.2) is 0 Å². The third-order valence-electron chi connectivity index (χ3n) is 3.03. The Kier molecular flexibility index (Phi) is 4.71. The zero-order valence-electron chi connectivity index (χ0n) is 11.2. The Morgan fingerprint density at radius 3 is 2.35 bits per heavy atom. The van der Waals surface area contributed by atoms with E-state index in [2.05, 4.69) is 0 Å². The van der Waals surface area contributed by atoms with Gasteiger partial charge in [-0.3, -0.25) is 0 Å². The molecule has 2 aromatic rings. The van der Waals surface area contributed by atoms with Gasteiger partial charge in [-0.05, 0) is 30.2 Å². The first kappa shape index (κ1) is 14.5. The van der Waals surface area contributed by atoms with Crippen LogP contribution < -0.4 is 4.74 Å². The molecular formula is C16H17FO3. The largest absolute Gasteiger partial charge is 0.488 e. The molecule has 0 aliphatic heterocycles. The summed E-state index contributed by atoms with van der Waals surface area (Å²) >= 11 is 0. The third-order valence-corrected chi connectivity index (χ3v) is 3.03. The Balaban J connectivity index is 2.11. The van der Waals surface area contributed by atoms with E-state index >= 15 is 0 Å². The molecule has 2 aromatic carbocycles. The van der Waals surface area contributed by atoms with Crippen LogP contribution in [0.5, 0.6) is 5.75 Å². The van der Waals surface area contributed by atoms with E-state index in [4.69, 9.17) is 9.84 Å². The van der Waals surface area contributed by atoms with Crippen LogP contribution >= 0.6 is 0 Å². The molecule has 3 nitrogen and oxygen atoms in total. The van der Waals surface area contributed by atoms with Crippen molar-refractivity contribution in [3.63, 3.8) is 0 Å². The van der Waals surface area contributed by atoms with Gasteiger partial charge in [-0.2, -0.15) is 0 Å². The number of halogens is 1. The van der Waals surface area contributed by atoms with Gasteiger partial charge in [-0.15, -0.1) is 0 Å². The molecule has 0 aliphatic rings. The summed E-state index contributed by atoms with van der Waals surface area (Å²) in [5.74, 6) is -0.0636. The molecule has 4 heteroatoms. The van der Waals surface area contributed by atoms with Crippen molar-refractivity contribution in [3.8, 4) is 5.75 Å². The van der Waals surface area contributed by atoms with Gasteiger partial charge in [-0.25, -0.2) is 4.39 Å². The normalized spacial score (nSPS) is 12.2. The highest BCUT2D eigenvalue weighted by Crippen LogP contribution is 2.26. The minimum absolute atomic E-state index is 0.00277. The van der Waals surface area contributed by atoms with Gasteiger partial charge in [0.1, 0.15) is 18.2 Å². The van der Waals surface area contributed by atoms with Gasteiger partial charge < -0.3 is 14.9 Å². The third kappa shape index (κ3) is 3.56. The minimum Gasteiger partial charge on any atom is -0.488 e. The van der Waals surface area contributed by atoms with Crippen LogP contribution in [-0.4, -0.2) is 10.2 Å². The molecule has 1 atom stereocenters. The molecule has 0 aromatic heterocycles. The van der Waals surface area contributed by atoms with Crippen molar-refractivity contribution in [2.75, 3.05) is 0 Å². The number of rotatable bonds is 5. The average molecular weight is 276 g/mol. The fourth-order valence-electron chi connectivity index (χ4n) is 1.88. The van der Waals surface area contributed by atoms with Crippen LogP contribution in [0.1, 0.15) is 29.7 Å². The molecule has 0 amide bonds. The number of hydrogen-bond acceptors (Lipinski definition) is 3. The van der Waals surface area contributed by atoms with Crippen LogP contribution in [0.2, 0.25) is 0 Å². The van der Waals surface area contributed by atoms with E-state index < -0.39 is 11.9 Å². The maximum atomic E-state index is 13.2. The molecule has 0 saturated carbocycles. The van der Waals surface area contributed by atoms with E-state index in [1.165, 1.54) is 18.2 Å². The molecule has 0 heterocycles. The molecule has 106 valence electrons. The Bertz CT molecular complexity index is 564.